The molecular weight excluding hydrogens is 797 g/mol. The standard InChI is InChI=1S/C64H48N2/c1-63(2)56-21-13-11-19-50(56)52-36-31-47(39-58(52)63)65(44-15-7-5-8-16-44)46-29-23-41(24-30-46)49-33-25-42-27-35-55-60(38-28-43-26-34-54(49)61(42)62(43)55)66(45-17-9-6-10-18-45)48-32-37-53-51-20-12-14-22-57(51)64(3,4)59(53)40-48/h5-40H,1-4H3. The number of anilines is 6. The zero-order valence-electron chi connectivity index (χ0n) is 37.7. The third kappa shape index (κ3) is 5.61. The Morgan fingerprint density at radius 2 is 0.697 bits per heavy atom. The molecule has 0 unspecified atom stereocenters. The van der Waals surface area contributed by atoms with Gasteiger partial charge < -0.3 is 9.80 Å². The Kier molecular flexibility index (Phi) is 8.33. The Morgan fingerprint density at radius 1 is 0.288 bits per heavy atom. The molecule has 0 amide bonds. The number of hydrogen-bond acceptors (Lipinski definition) is 2. The van der Waals surface area contributed by atoms with E-state index in [2.05, 4.69) is 256 Å². The van der Waals surface area contributed by atoms with Crippen molar-refractivity contribution in [2.24, 2.45) is 0 Å². The molecule has 0 aliphatic heterocycles. The highest BCUT2D eigenvalue weighted by atomic mass is 15.1. The first-order valence-electron chi connectivity index (χ1n) is 23.3. The van der Waals surface area contributed by atoms with Crippen molar-refractivity contribution in [3.8, 4) is 33.4 Å². The van der Waals surface area contributed by atoms with Crippen LogP contribution in [0.3, 0.4) is 0 Å². The van der Waals surface area contributed by atoms with Crippen LogP contribution in [0.15, 0.2) is 218 Å². The van der Waals surface area contributed by atoms with Crippen LogP contribution in [0.4, 0.5) is 34.1 Å². The van der Waals surface area contributed by atoms with Crippen LogP contribution in [0.25, 0.3) is 65.7 Å². The maximum Gasteiger partial charge on any atom is 0.0540 e. The third-order valence-electron chi connectivity index (χ3n) is 15.0. The van der Waals surface area contributed by atoms with E-state index in [1.54, 1.807) is 0 Å². The molecule has 0 heterocycles. The molecule has 13 rings (SSSR count). The molecule has 0 fully saturated rings. The van der Waals surface area contributed by atoms with Gasteiger partial charge in [-0.2, -0.15) is 0 Å². The molecular formula is C64H48N2. The molecule has 0 bridgehead atoms. The van der Waals surface area contributed by atoms with Gasteiger partial charge in [0, 0.05) is 44.7 Å². The molecule has 0 N–H and O–H groups in total. The van der Waals surface area contributed by atoms with Crippen LogP contribution in [0.2, 0.25) is 0 Å². The molecule has 2 aliphatic rings. The summed E-state index contributed by atoms with van der Waals surface area (Å²) in [5.41, 5.74) is 20.0. The van der Waals surface area contributed by atoms with Crippen LogP contribution in [0, 0.1) is 0 Å². The molecule has 0 spiro atoms. The van der Waals surface area contributed by atoms with Crippen molar-refractivity contribution in [2.75, 3.05) is 9.80 Å². The highest BCUT2D eigenvalue weighted by Crippen LogP contribution is 2.53. The van der Waals surface area contributed by atoms with E-state index < -0.39 is 0 Å². The molecule has 2 heteroatoms. The second kappa shape index (κ2) is 14.3. The van der Waals surface area contributed by atoms with Crippen molar-refractivity contribution >= 4 is 66.4 Å². The van der Waals surface area contributed by atoms with E-state index in [4.69, 9.17) is 0 Å². The summed E-state index contributed by atoms with van der Waals surface area (Å²) in [6, 6.07) is 81.3. The predicted octanol–water partition coefficient (Wildman–Crippen LogP) is 17.8. The Hall–Kier alpha value is -7.94. The van der Waals surface area contributed by atoms with Crippen molar-refractivity contribution in [2.45, 2.75) is 38.5 Å². The summed E-state index contributed by atoms with van der Waals surface area (Å²) < 4.78 is 0. The second-order valence-electron chi connectivity index (χ2n) is 19.3. The van der Waals surface area contributed by atoms with Crippen LogP contribution in [0.1, 0.15) is 49.9 Å². The van der Waals surface area contributed by atoms with E-state index in [9.17, 15) is 0 Å². The first-order chi connectivity index (χ1) is 32.3. The number of nitrogens with zero attached hydrogens (tertiary/aromatic N) is 2. The zero-order chi connectivity index (χ0) is 44.3. The minimum absolute atomic E-state index is 0.0875. The number of benzene rings is 11. The van der Waals surface area contributed by atoms with Crippen LogP contribution in [0.5, 0.6) is 0 Å². The highest BCUT2D eigenvalue weighted by molar-refractivity contribution is 6.28. The average molecular weight is 845 g/mol. The Labute approximate surface area is 387 Å². The lowest BCUT2D eigenvalue weighted by atomic mass is 9.82. The SMILES string of the molecule is CC1(C)c2ccccc2-c2ccc(N(c3ccccc3)c3ccc(-c4ccc5ccc6c(N(c7ccccc7)c7ccc8c(c7)C(C)(C)c7ccccc7-8)ccc7ccc4c5c76)cc3)cc21. The summed E-state index contributed by atoms with van der Waals surface area (Å²) in [5.74, 6) is 0. The highest BCUT2D eigenvalue weighted by Gasteiger charge is 2.37. The summed E-state index contributed by atoms with van der Waals surface area (Å²) in [5, 5.41) is 7.61. The fourth-order valence-electron chi connectivity index (χ4n) is 11.7. The monoisotopic (exact) mass is 844 g/mol. The first kappa shape index (κ1) is 38.5. The molecule has 2 aliphatic carbocycles. The van der Waals surface area contributed by atoms with Gasteiger partial charge in [-0.1, -0.05) is 179 Å². The smallest absolute Gasteiger partial charge is 0.0540 e. The number of hydrogen-bond donors (Lipinski definition) is 0. The molecule has 0 aromatic heterocycles. The van der Waals surface area contributed by atoms with E-state index in [-0.39, 0.29) is 10.8 Å². The van der Waals surface area contributed by atoms with E-state index in [0.717, 1.165) is 28.4 Å². The summed E-state index contributed by atoms with van der Waals surface area (Å²) in [4.78, 5) is 4.86. The van der Waals surface area contributed by atoms with Crippen LogP contribution < -0.4 is 9.80 Å². The fraction of sp³-hybridized carbons (Fsp3) is 0.0938. The van der Waals surface area contributed by atoms with Gasteiger partial charge >= 0.3 is 0 Å². The van der Waals surface area contributed by atoms with Gasteiger partial charge in [-0.15, -0.1) is 0 Å². The summed E-state index contributed by atoms with van der Waals surface area (Å²) >= 11 is 0. The maximum absolute atomic E-state index is 2.46. The Bertz CT molecular complexity index is 3690. The number of fused-ring (bicyclic) bond motifs is 6. The maximum atomic E-state index is 2.46. The van der Waals surface area contributed by atoms with Crippen LogP contribution >= 0.6 is 0 Å². The van der Waals surface area contributed by atoms with Crippen LogP contribution in [-0.4, -0.2) is 0 Å². The van der Waals surface area contributed by atoms with Crippen molar-refractivity contribution in [3.63, 3.8) is 0 Å². The summed E-state index contributed by atoms with van der Waals surface area (Å²) in [6.45, 7) is 9.44. The summed E-state index contributed by atoms with van der Waals surface area (Å²) in [6.07, 6.45) is 0. The molecule has 11 aromatic rings. The van der Waals surface area contributed by atoms with Gasteiger partial charge in [-0.3, -0.25) is 0 Å². The van der Waals surface area contributed by atoms with Crippen molar-refractivity contribution in [1.29, 1.82) is 0 Å². The van der Waals surface area contributed by atoms with E-state index >= 15 is 0 Å². The van der Waals surface area contributed by atoms with E-state index in [1.165, 1.54) is 93.6 Å². The van der Waals surface area contributed by atoms with Gasteiger partial charge in [0.05, 0.1) is 5.69 Å². The zero-order valence-corrected chi connectivity index (χ0v) is 37.7. The molecule has 314 valence electrons. The lowest BCUT2D eigenvalue weighted by molar-refractivity contribution is 0.660. The third-order valence-corrected chi connectivity index (χ3v) is 15.0. The summed E-state index contributed by atoms with van der Waals surface area (Å²) in [7, 11) is 0. The van der Waals surface area contributed by atoms with Crippen molar-refractivity contribution < 1.29 is 0 Å². The first-order valence-corrected chi connectivity index (χ1v) is 23.3. The molecule has 0 saturated heterocycles. The topological polar surface area (TPSA) is 6.48 Å². The second-order valence-corrected chi connectivity index (χ2v) is 19.3. The fourth-order valence-corrected chi connectivity index (χ4v) is 11.7. The molecule has 66 heavy (non-hydrogen) atoms. The Morgan fingerprint density at radius 3 is 1.29 bits per heavy atom. The van der Waals surface area contributed by atoms with Gasteiger partial charge in [0.1, 0.15) is 0 Å². The number of para-hydroxylation sites is 2. The normalized spacial score (nSPS) is 14.0. The predicted molar refractivity (Wildman–Crippen MR) is 280 cm³/mol. The van der Waals surface area contributed by atoms with Gasteiger partial charge in [0.25, 0.3) is 0 Å². The average Bonchev–Trinajstić information content (AvgIpc) is 3.73. The van der Waals surface area contributed by atoms with E-state index in [0.29, 0.717) is 0 Å². The molecule has 0 atom stereocenters. The molecule has 0 radical (unpaired) electrons. The largest absolute Gasteiger partial charge is 0.310 e. The lowest BCUT2D eigenvalue weighted by Crippen LogP contribution is -2.16. The Balaban J connectivity index is 0.926. The van der Waals surface area contributed by atoms with Gasteiger partial charge in [0.15, 0.2) is 0 Å². The van der Waals surface area contributed by atoms with Gasteiger partial charge in [-0.05, 0) is 149 Å². The lowest BCUT2D eigenvalue weighted by Gasteiger charge is -2.29. The minimum atomic E-state index is -0.104. The van der Waals surface area contributed by atoms with Gasteiger partial charge in [-0.25, -0.2) is 0 Å². The van der Waals surface area contributed by atoms with Crippen molar-refractivity contribution in [1.82, 2.24) is 0 Å². The van der Waals surface area contributed by atoms with Crippen molar-refractivity contribution in [3.05, 3.63) is 241 Å². The van der Waals surface area contributed by atoms with Gasteiger partial charge in [0.2, 0.25) is 0 Å². The molecule has 2 nitrogen and oxygen atoms in total. The molecule has 0 saturated carbocycles. The van der Waals surface area contributed by atoms with E-state index in [1.807, 2.05) is 0 Å². The number of rotatable bonds is 7. The van der Waals surface area contributed by atoms with Crippen LogP contribution in [-0.2, 0) is 10.8 Å². The molecule has 11 aromatic carbocycles. The quantitative estimate of drug-likeness (QED) is 0.148. The minimum Gasteiger partial charge on any atom is -0.310 e.